The number of hydrogen-bond donors (Lipinski definition) is 1. The van der Waals surface area contributed by atoms with E-state index in [4.69, 9.17) is 0 Å². The largest absolute Gasteiger partial charge is 0.365 e. The van der Waals surface area contributed by atoms with E-state index in [-0.39, 0.29) is 0 Å². The molecular weight excluding hydrogens is 204 g/mol. The smallest absolute Gasteiger partial charge is 0.156 e. The maximum atomic E-state index is 4.35. The van der Waals surface area contributed by atoms with Crippen LogP contribution in [0.5, 0.6) is 0 Å². The van der Waals surface area contributed by atoms with Crippen molar-refractivity contribution in [1.29, 1.82) is 0 Å². The summed E-state index contributed by atoms with van der Waals surface area (Å²) in [4.78, 5) is 4.35. The zero-order valence-corrected chi connectivity index (χ0v) is 9.59. The average molecular weight is 220 g/mol. The maximum Gasteiger partial charge on any atom is 0.156 e. The first kappa shape index (κ1) is 10.6. The highest BCUT2D eigenvalue weighted by Crippen LogP contribution is 2.09. The Hall–Kier alpha value is -0.960. The van der Waals surface area contributed by atoms with E-state index in [0.717, 1.165) is 30.4 Å². The van der Waals surface area contributed by atoms with E-state index in [1.54, 1.807) is 0 Å². The molecule has 0 saturated heterocycles. The molecule has 0 amide bonds. The minimum Gasteiger partial charge on any atom is -0.365 e. The van der Waals surface area contributed by atoms with Gasteiger partial charge in [-0.15, -0.1) is 0 Å². The van der Waals surface area contributed by atoms with E-state index in [9.17, 15) is 0 Å². The van der Waals surface area contributed by atoms with Crippen LogP contribution in [0.1, 0.15) is 12.0 Å². The SMILES string of the molecule is c1ccc(CCCNC2=NCCS2)cc1. The molecule has 2 nitrogen and oxygen atoms in total. The van der Waals surface area contributed by atoms with Gasteiger partial charge in [0.05, 0.1) is 6.54 Å². The molecule has 1 aliphatic heterocycles. The first-order valence-corrected chi connectivity index (χ1v) is 6.39. The second kappa shape index (κ2) is 5.81. The number of aliphatic imine (C=N–C) groups is 1. The molecule has 0 unspecified atom stereocenters. The number of benzene rings is 1. The van der Waals surface area contributed by atoms with Crippen LogP contribution in [0, 0.1) is 0 Å². The van der Waals surface area contributed by atoms with Gasteiger partial charge in [0.1, 0.15) is 0 Å². The van der Waals surface area contributed by atoms with Crippen molar-refractivity contribution >= 4 is 16.9 Å². The highest BCUT2D eigenvalue weighted by Gasteiger charge is 2.04. The van der Waals surface area contributed by atoms with Gasteiger partial charge in [-0.1, -0.05) is 42.1 Å². The molecule has 3 heteroatoms. The van der Waals surface area contributed by atoms with E-state index < -0.39 is 0 Å². The van der Waals surface area contributed by atoms with Crippen LogP contribution in [-0.4, -0.2) is 24.0 Å². The molecule has 1 aliphatic rings. The van der Waals surface area contributed by atoms with Gasteiger partial charge in [0.2, 0.25) is 0 Å². The van der Waals surface area contributed by atoms with Gasteiger partial charge in [0.15, 0.2) is 5.17 Å². The number of thioether (sulfide) groups is 1. The van der Waals surface area contributed by atoms with Crippen molar-refractivity contribution in [3.8, 4) is 0 Å². The summed E-state index contributed by atoms with van der Waals surface area (Å²) in [5.41, 5.74) is 1.42. The molecule has 0 spiro atoms. The third kappa shape index (κ3) is 3.59. The molecule has 0 aromatic heterocycles. The summed E-state index contributed by atoms with van der Waals surface area (Å²) in [7, 11) is 0. The van der Waals surface area contributed by atoms with Crippen LogP contribution in [0.4, 0.5) is 0 Å². The number of aryl methyl sites for hydroxylation is 1. The quantitative estimate of drug-likeness (QED) is 0.787. The van der Waals surface area contributed by atoms with Crippen molar-refractivity contribution in [2.24, 2.45) is 4.99 Å². The summed E-state index contributed by atoms with van der Waals surface area (Å²) in [6.45, 7) is 2.01. The molecule has 0 bridgehead atoms. The third-order valence-corrected chi connectivity index (χ3v) is 3.28. The number of nitrogens with zero attached hydrogens (tertiary/aromatic N) is 1. The molecule has 0 atom stereocenters. The van der Waals surface area contributed by atoms with Crippen LogP contribution in [-0.2, 0) is 6.42 Å². The molecule has 2 rings (SSSR count). The monoisotopic (exact) mass is 220 g/mol. The van der Waals surface area contributed by atoms with E-state index in [1.165, 1.54) is 12.0 Å². The van der Waals surface area contributed by atoms with Gasteiger partial charge in [0, 0.05) is 12.3 Å². The van der Waals surface area contributed by atoms with E-state index in [0.29, 0.717) is 0 Å². The summed E-state index contributed by atoms with van der Waals surface area (Å²) in [6, 6.07) is 10.6. The van der Waals surface area contributed by atoms with Crippen LogP contribution in [0.3, 0.4) is 0 Å². The Bertz CT molecular complexity index is 322. The van der Waals surface area contributed by atoms with Gasteiger partial charge in [-0.25, -0.2) is 0 Å². The summed E-state index contributed by atoms with van der Waals surface area (Å²) >= 11 is 1.83. The maximum absolute atomic E-state index is 4.35. The second-order valence-corrected chi connectivity index (χ2v) is 4.63. The first-order chi connectivity index (χ1) is 7.45. The molecule has 1 N–H and O–H groups in total. The fourth-order valence-electron chi connectivity index (χ4n) is 1.57. The number of amidine groups is 1. The number of hydrogen-bond acceptors (Lipinski definition) is 3. The number of nitrogens with one attached hydrogen (secondary N) is 1. The van der Waals surface area contributed by atoms with Crippen LogP contribution < -0.4 is 5.32 Å². The zero-order valence-electron chi connectivity index (χ0n) is 8.78. The van der Waals surface area contributed by atoms with Crippen LogP contribution >= 0.6 is 11.8 Å². The van der Waals surface area contributed by atoms with Gasteiger partial charge >= 0.3 is 0 Å². The van der Waals surface area contributed by atoms with Crippen molar-refractivity contribution in [3.05, 3.63) is 35.9 Å². The molecule has 1 aromatic carbocycles. The molecule has 0 saturated carbocycles. The molecule has 15 heavy (non-hydrogen) atoms. The zero-order chi connectivity index (χ0) is 10.3. The lowest BCUT2D eigenvalue weighted by Gasteiger charge is -2.04. The molecular formula is C12H16N2S. The Labute approximate surface area is 95.2 Å². The lowest BCUT2D eigenvalue weighted by molar-refractivity contribution is 0.777. The second-order valence-electron chi connectivity index (χ2n) is 3.55. The molecule has 0 fully saturated rings. The van der Waals surface area contributed by atoms with Gasteiger partial charge in [-0.2, -0.15) is 0 Å². The third-order valence-electron chi connectivity index (χ3n) is 2.35. The summed E-state index contributed by atoms with van der Waals surface area (Å²) in [5, 5.41) is 4.49. The fourth-order valence-corrected chi connectivity index (χ4v) is 2.34. The van der Waals surface area contributed by atoms with Crippen molar-refractivity contribution < 1.29 is 0 Å². The summed E-state index contributed by atoms with van der Waals surface area (Å²) in [6.07, 6.45) is 2.31. The Kier molecular flexibility index (Phi) is 4.09. The van der Waals surface area contributed by atoms with Gasteiger partial charge in [-0.3, -0.25) is 4.99 Å². The summed E-state index contributed by atoms with van der Waals surface area (Å²) in [5.74, 6) is 1.14. The van der Waals surface area contributed by atoms with Crippen molar-refractivity contribution in [3.63, 3.8) is 0 Å². The topological polar surface area (TPSA) is 24.4 Å². The highest BCUT2D eigenvalue weighted by atomic mass is 32.2. The van der Waals surface area contributed by atoms with Gasteiger partial charge < -0.3 is 5.32 Å². The molecule has 0 radical (unpaired) electrons. The molecule has 80 valence electrons. The molecule has 0 aliphatic carbocycles. The summed E-state index contributed by atoms with van der Waals surface area (Å²) < 4.78 is 0. The Morgan fingerprint density at radius 2 is 2.13 bits per heavy atom. The van der Waals surface area contributed by atoms with E-state index >= 15 is 0 Å². The minimum atomic E-state index is 0.978. The Morgan fingerprint density at radius 1 is 1.27 bits per heavy atom. The van der Waals surface area contributed by atoms with Crippen LogP contribution in [0.25, 0.3) is 0 Å². The van der Waals surface area contributed by atoms with Gasteiger partial charge in [0.25, 0.3) is 0 Å². The lowest BCUT2D eigenvalue weighted by Crippen LogP contribution is -2.20. The Balaban J connectivity index is 1.63. The standard InChI is InChI=1S/C12H16N2S/c1-2-5-11(6-3-1)7-4-8-13-12-14-9-10-15-12/h1-3,5-6H,4,7-10H2,(H,13,14). The Morgan fingerprint density at radius 3 is 2.87 bits per heavy atom. The normalized spacial score (nSPS) is 15.1. The highest BCUT2D eigenvalue weighted by molar-refractivity contribution is 8.14. The minimum absolute atomic E-state index is 0.978. The lowest BCUT2D eigenvalue weighted by atomic mass is 10.1. The first-order valence-electron chi connectivity index (χ1n) is 5.40. The molecule has 1 aromatic rings. The van der Waals surface area contributed by atoms with Crippen LogP contribution in [0.15, 0.2) is 35.3 Å². The van der Waals surface area contributed by atoms with Gasteiger partial charge in [-0.05, 0) is 18.4 Å². The van der Waals surface area contributed by atoms with E-state index in [1.807, 2.05) is 11.8 Å². The predicted molar refractivity (Wildman–Crippen MR) is 67.5 cm³/mol. The molecule has 1 heterocycles. The van der Waals surface area contributed by atoms with Crippen molar-refractivity contribution in [2.45, 2.75) is 12.8 Å². The van der Waals surface area contributed by atoms with Crippen LogP contribution in [0.2, 0.25) is 0 Å². The van der Waals surface area contributed by atoms with Crippen molar-refractivity contribution in [1.82, 2.24) is 5.32 Å². The van der Waals surface area contributed by atoms with Crippen molar-refractivity contribution in [2.75, 3.05) is 18.8 Å². The predicted octanol–water partition coefficient (Wildman–Crippen LogP) is 2.31. The fraction of sp³-hybridized carbons (Fsp3) is 0.417. The van der Waals surface area contributed by atoms with E-state index in [2.05, 4.69) is 40.6 Å². The average Bonchev–Trinajstić information content (AvgIpc) is 2.79. The number of rotatable bonds is 4.